The van der Waals surface area contributed by atoms with Crippen LogP contribution in [0.15, 0.2) is 48.7 Å². The van der Waals surface area contributed by atoms with Crippen LogP contribution in [-0.2, 0) is 16.5 Å². The van der Waals surface area contributed by atoms with Crippen LogP contribution in [0.3, 0.4) is 0 Å². The van der Waals surface area contributed by atoms with Gasteiger partial charge >= 0.3 is 11.9 Å². The summed E-state index contributed by atoms with van der Waals surface area (Å²) in [7, 11) is 0. The van der Waals surface area contributed by atoms with Crippen LogP contribution >= 0.6 is 39.1 Å². The minimum Gasteiger partial charge on any atom is -0.378 e. The van der Waals surface area contributed by atoms with Crippen molar-refractivity contribution in [3.05, 3.63) is 79.9 Å². The number of carbonyl (C=O) groups excluding carboxylic acids is 1. The Morgan fingerprint density at radius 3 is 2.00 bits per heavy atom. The largest absolute Gasteiger partial charge is 0.416 e. The lowest BCUT2D eigenvalue weighted by molar-refractivity contribution is -0.383. The van der Waals surface area contributed by atoms with Gasteiger partial charge in [0.05, 0.1) is 30.9 Å². The topological polar surface area (TPSA) is 116 Å². The Morgan fingerprint density at radius 2 is 1.59 bits per heavy atom. The summed E-state index contributed by atoms with van der Waals surface area (Å²) in [5.74, 6) is -0.375. The number of nitrogens with zero attached hydrogens (tertiary/aromatic N) is 3. The van der Waals surface area contributed by atoms with E-state index in [1.165, 1.54) is 0 Å². The summed E-state index contributed by atoms with van der Waals surface area (Å²) in [5.41, 5.74) is 4.42. The van der Waals surface area contributed by atoms with E-state index in [0.717, 1.165) is 16.4 Å². The lowest BCUT2D eigenvalue weighted by Gasteiger charge is -2.31. The lowest BCUT2D eigenvalue weighted by Crippen LogP contribution is -2.47. The fraction of sp³-hybridized carbons (Fsp3) is 0.360. The number of amides is 1. The molecular formula is C25H27BrCl2F3N5O3. The molecule has 0 aliphatic rings. The Kier molecular flexibility index (Phi) is 10.1. The van der Waals surface area contributed by atoms with E-state index in [1.54, 1.807) is 0 Å². The molecule has 0 aliphatic heterocycles. The van der Waals surface area contributed by atoms with Crippen molar-refractivity contribution < 1.29 is 22.9 Å². The number of carbonyl (C=O) groups is 1. The number of nitrogens with one attached hydrogen (secondary N) is 1. The van der Waals surface area contributed by atoms with E-state index in [0.29, 0.717) is 12.1 Å². The van der Waals surface area contributed by atoms with E-state index >= 15 is 0 Å². The molecule has 1 amide bonds. The molecule has 0 saturated heterocycles. The van der Waals surface area contributed by atoms with Crippen LogP contribution < -0.4 is 11.1 Å². The smallest absolute Gasteiger partial charge is 0.378 e. The van der Waals surface area contributed by atoms with Crippen molar-refractivity contribution in [3.8, 4) is 5.69 Å². The van der Waals surface area contributed by atoms with Gasteiger partial charge in [-0.2, -0.15) is 18.3 Å². The second-order valence-electron chi connectivity index (χ2n) is 10.1. The summed E-state index contributed by atoms with van der Waals surface area (Å²) in [6.07, 6.45) is -3.78. The number of anilines is 1. The first kappa shape index (κ1) is 32.4. The summed E-state index contributed by atoms with van der Waals surface area (Å²) in [4.78, 5) is 21.9. The first-order valence-corrected chi connectivity index (χ1v) is 13.0. The summed E-state index contributed by atoms with van der Waals surface area (Å²) >= 11 is 15.0. The lowest BCUT2D eigenvalue weighted by atomic mass is 9.89. The first-order chi connectivity index (χ1) is 17.8. The zero-order chi connectivity index (χ0) is 29.9. The highest BCUT2D eigenvalue weighted by molar-refractivity contribution is 9.10. The molecule has 0 aliphatic carbocycles. The number of nitro groups is 1. The number of nitrogen functional groups attached to an aromatic ring is 1. The fourth-order valence-electron chi connectivity index (χ4n) is 3.29. The van der Waals surface area contributed by atoms with Gasteiger partial charge in [-0.25, -0.2) is 4.68 Å². The molecule has 212 valence electrons. The highest BCUT2D eigenvalue weighted by atomic mass is 79.9. The van der Waals surface area contributed by atoms with Gasteiger partial charge in [-0.05, 0) is 37.0 Å². The van der Waals surface area contributed by atoms with Crippen LogP contribution in [0.25, 0.3) is 5.69 Å². The predicted molar refractivity (Wildman–Crippen MR) is 149 cm³/mol. The molecule has 3 rings (SSSR count). The van der Waals surface area contributed by atoms with Crippen molar-refractivity contribution in [3.63, 3.8) is 0 Å². The zero-order valence-electron chi connectivity index (χ0n) is 21.6. The molecule has 39 heavy (non-hydrogen) atoms. The third-order valence-corrected chi connectivity index (χ3v) is 7.83. The van der Waals surface area contributed by atoms with Crippen molar-refractivity contribution in [1.29, 1.82) is 0 Å². The van der Waals surface area contributed by atoms with Crippen LogP contribution in [0, 0.1) is 15.5 Å². The number of hydrogen-bond acceptors (Lipinski definition) is 5. The number of rotatable bonds is 5. The molecule has 8 nitrogen and oxygen atoms in total. The Labute approximate surface area is 241 Å². The first-order valence-electron chi connectivity index (χ1n) is 11.3. The van der Waals surface area contributed by atoms with Gasteiger partial charge in [0, 0.05) is 0 Å². The molecule has 14 heteroatoms. The molecular weight excluding hydrogens is 626 g/mol. The molecule has 3 aromatic rings. The maximum absolute atomic E-state index is 12.6. The van der Waals surface area contributed by atoms with Crippen molar-refractivity contribution >= 4 is 56.5 Å². The molecule has 3 N–H and O–H groups in total. The number of alkyl halides is 4. The van der Waals surface area contributed by atoms with E-state index in [-0.39, 0.29) is 37.4 Å². The van der Waals surface area contributed by atoms with Crippen LogP contribution in [0.4, 0.5) is 24.7 Å². The van der Waals surface area contributed by atoms with E-state index in [9.17, 15) is 28.1 Å². The summed E-state index contributed by atoms with van der Waals surface area (Å²) < 4.78 is 38.7. The van der Waals surface area contributed by atoms with E-state index < -0.39 is 28.2 Å². The average molecular weight is 653 g/mol. The van der Waals surface area contributed by atoms with Crippen molar-refractivity contribution in [2.45, 2.75) is 51.2 Å². The second kappa shape index (κ2) is 12.1. The van der Waals surface area contributed by atoms with Crippen LogP contribution in [-0.4, -0.2) is 25.4 Å². The van der Waals surface area contributed by atoms with Crippen LogP contribution in [0.5, 0.6) is 0 Å². The van der Waals surface area contributed by atoms with Gasteiger partial charge < -0.3 is 11.1 Å². The standard InChI is InChI=1S/C15H22BrNO.C10H5Cl2F3N4O2/c1-14(2,3)12(16)13(18)17-15(4,5)11-9-7-6-8-10-11;11-5-1-4(10(13,14)15)2-6(12)8(5)18-9(16)7(3-17-18)19(20)21/h6-10,12H,1-5H3,(H,17,18);1-3H,16H2. The summed E-state index contributed by atoms with van der Waals surface area (Å²) in [6, 6.07) is 11.3. The molecule has 1 atom stereocenters. The maximum atomic E-state index is 12.6. The number of benzene rings is 2. The SMILES string of the molecule is CC(C)(NC(=O)C(Br)C(C)(C)C)c1ccccc1.Nc1c([N+](=O)[O-])cnn1-c1c(Cl)cc(C(F)(F)F)cc1Cl. The predicted octanol–water partition coefficient (Wildman–Crippen LogP) is 7.54. The molecule has 1 aromatic heterocycles. The Balaban J connectivity index is 0.000000277. The van der Waals surface area contributed by atoms with Gasteiger partial charge in [-0.1, -0.05) is 90.2 Å². The number of hydrogen-bond donors (Lipinski definition) is 2. The number of halogens is 6. The normalized spacial score (nSPS) is 12.8. The highest BCUT2D eigenvalue weighted by Gasteiger charge is 2.34. The molecule has 0 bridgehead atoms. The molecule has 0 spiro atoms. The number of aromatic nitrogens is 2. The molecule has 0 radical (unpaired) electrons. The van der Waals surface area contributed by atoms with Gasteiger partial charge in [0.2, 0.25) is 11.7 Å². The average Bonchev–Trinajstić information content (AvgIpc) is 3.18. The quantitative estimate of drug-likeness (QED) is 0.168. The Hall–Kier alpha value is -2.83. The molecule has 2 aromatic carbocycles. The minimum atomic E-state index is -4.63. The molecule has 1 unspecified atom stereocenters. The minimum absolute atomic E-state index is 0.0244. The Morgan fingerprint density at radius 1 is 1.08 bits per heavy atom. The maximum Gasteiger partial charge on any atom is 0.416 e. The highest BCUT2D eigenvalue weighted by Crippen LogP contribution is 2.39. The van der Waals surface area contributed by atoms with Gasteiger partial charge in [0.1, 0.15) is 11.9 Å². The molecule has 0 saturated carbocycles. The molecule has 1 heterocycles. The van der Waals surface area contributed by atoms with Gasteiger partial charge in [-0.15, -0.1) is 0 Å². The van der Waals surface area contributed by atoms with Crippen molar-refractivity contribution in [2.24, 2.45) is 5.41 Å². The van der Waals surface area contributed by atoms with Gasteiger partial charge in [0.25, 0.3) is 0 Å². The van der Waals surface area contributed by atoms with E-state index in [1.807, 2.05) is 65.0 Å². The summed E-state index contributed by atoms with van der Waals surface area (Å²) in [6.45, 7) is 10.2. The zero-order valence-corrected chi connectivity index (χ0v) is 24.7. The van der Waals surface area contributed by atoms with Crippen LogP contribution in [0.1, 0.15) is 45.7 Å². The summed E-state index contributed by atoms with van der Waals surface area (Å²) in [5, 5.41) is 16.6. The van der Waals surface area contributed by atoms with Gasteiger partial charge in [0.15, 0.2) is 0 Å². The third-order valence-electron chi connectivity index (χ3n) is 5.46. The number of nitrogens with two attached hydrogens (primary N) is 1. The van der Waals surface area contributed by atoms with Gasteiger partial charge in [-0.3, -0.25) is 14.9 Å². The van der Waals surface area contributed by atoms with Crippen LogP contribution in [0.2, 0.25) is 10.0 Å². The monoisotopic (exact) mass is 651 g/mol. The van der Waals surface area contributed by atoms with E-state index in [4.69, 9.17) is 28.9 Å². The fourth-order valence-corrected chi connectivity index (χ4v) is 4.05. The van der Waals surface area contributed by atoms with Crippen molar-refractivity contribution in [2.75, 3.05) is 5.73 Å². The Bertz CT molecular complexity index is 1320. The van der Waals surface area contributed by atoms with E-state index in [2.05, 4.69) is 26.3 Å². The van der Waals surface area contributed by atoms with Crippen molar-refractivity contribution in [1.82, 2.24) is 15.1 Å². The second-order valence-corrected chi connectivity index (χ2v) is 11.8. The third kappa shape index (κ3) is 8.09. The molecule has 0 fully saturated rings.